The lowest BCUT2D eigenvalue weighted by Crippen LogP contribution is -2.39. The van der Waals surface area contributed by atoms with Crippen LogP contribution in [-0.2, 0) is 14.3 Å². The van der Waals surface area contributed by atoms with E-state index in [0.717, 1.165) is 42.5 Å². The molecule has 0 amide bonds. The second kappa shape index (κ2) is 10.3. The van der Waals surface area contributed by atoms with Crippen LogP contribution in [0.25, 0.3) is 0 Å². The van der Waals surface area contributed by atoms with E-state index in [9.17, 15) is 9.59 Å². The van der Waals surface area contributed by atoms with Crippen molar-refractivity contribution in [2.75, 3.05) is 0 Å². The van der Waals surface area contributed by atoms with Gasteiger partial charge < -0.3 is 4.74 Å². The van der Waals surface area contributed by atoms with E-state index in [2.05, 4.69) is 0 Å². The number of nitrogens with zero attached hydrogens (tertiary/aromatic N) is 1. The maximum absolute atomic E-state index is 13.7. The van der Waals surface area contributed by atoms with Crippen molar-refractivity contribution < 1.29 is 14.3 Å². The molecule has 0 aromatic heterocycles. The molecule has 1 saturated carbocycles. The number of Topliss-reactive ketones (excluding diaryl/α,β-unsaturated/α-hetero) is 1. The van der Waals surface area contributed by atoms with Crippen molar-refractivity contribution >= 4 is 40.7 Å². The number of allylic oxidation sites excluding steroid dienone is 2. The fourth-order valence-corrected chi connectivity index (χ4v) is 6.20. The Hall–Kier alpha value is -2.43. The van der Waals surface area contributed by atoms with Crippen LogP contribution in [0.3, 0.4) is 0 Å². The number of aliphatic imine (C=N–C) groups is 1. The summed E-state index contributed by atoms with van der Waals surface area (Å²) >= 11 is 12.7. The van der Waals surface area contributed by atoms with E-state index < -0.39 is 11.8 Å². The van der Waals surface area contributed by atoms with Crippen LogP contribution in [0.4, 0.5) is 0 Å². The number of carbonyl (C=O) groups is 2. The molecule has 0 N–H and O–H groups in total. The number of hydrogen-bond acceptors (Lipinski definition) is 4. The molecule has 1 unspecified atom stereocenters. The van der Waals surface area contributed by atoms with Crippen LogP contribution in [0.15, 0.2) is 64.8 Å². The van der Waals surface area contributed by atoms with Crippen molar-refractivity contribution in [1.82, 2.24) is 0 Å². The summed E-state index contributed by atoms with van der Waals surface area (Å²) in [6, 6.07) is 15.1. The van der Waals surface area contributed by atoms with Crippen LogP contribution < -0.4 is 0 Å². The molecule has 4 nitrogen and oxygen atoms in total. The maximum Gasteiger partial charge on any atom is 0.315 e. The highest BCUT2D eigenvalue weighted by atomic mass is 35.5. The fraction of sp³-hybridized carbons (Fsp3) is 0.414. The summed E-state index contributed by atoms with van der Waals surface area (Å²) in [6.07, 6.45) is 6.03. The van der Waals surface area contributed by atoms with E-state index in [0.29, 0.717) is 34.2 Å². The Bertz CT molecular complexity index is 1190. The molecular weight excluding hydrogens is 481 g/mol. The van der Waals surface area contributed by atoms with Gasteiger partial charge in [0.1, 0.15) is 12.0 Å². The average molecular weight is 510 g/mol. The van der Waals surface area contributed by atoms with Gasteiger partial charge in [-0.05, 0) is 74.3 Å². The van der Waals surface area contributed by atoms with E-state index in [1.54, 1.807) is 0 Å². The van der Waals surface area contributed by atoms with Crippen molar-refractivity contribution in [3.63, 3.8) is 0 Å². The first-order valence-electron chi connectivity index (χ1n) is 12.4. The Morgan fingerprint density at radius 1 is 0.971 bits per heavy atom. The first-order chi connectivity index (χ1) is 16.9. The quantitative estimate of drug-likeness (QED) is 0.402. The number of hydrogen-bond donors (Lipinski definition) is 0. The second-order valence-electron chi connectivity index (χ2n) is 9.87. The summed E-state index contributed by atoms with van der Waals surface area (Å²) < 4.78 is 6.00. The van der Waals surface area contributed by atoms with E-state index in [4.69, 9.17) is 32.9 Å². The molecule has 1 fully saturated rings. The Morgan fingerprint density at radius 3 is 2.40 bits per heavy atom. The number of halogens is 2. The summed E-state index contributed by atoms with van der Waals surface area (Å²) in [4.78, 5) is 32.1. The fourth-order valence-electron chi connectivity index (χ4n) is 5.82. The topological polar surface area (TPSA) is 55.7 Å². The number of carbonyl (C=O) groups excluding carboxylic acids is 2. The van der Waals surface area contributed by atoms with Gasteiger partial charge in [0.25, 0.3) is 0 Å². The molecule has 6 heteroatoms. The molecule has 2 aliphatic carbocycles. The molecule has 0 saturated heterocycles. The predicted molar refractivity (Wildman–Crippen MR) is 139 cm³/mol. The van der Waals surface area contributed by atoms with Gasteiger partial charge in [-0.2, -0.15) is 0 Å². The molecule has 2 aromatic carbocycles. The SMILES string of the molecule is CC1=NC2=C(C(=O)C[C@@H](c3ccc(Cl)cc3)C2)[C@@H](c2ccccc2Cl)C1C(=O)OC1CCCCC1. The molecule has 5 rings (SSSR count). The molecular formula is C29H29Cl2NO3. The Labute approximate surface area is 216 Å². The van der Waals surface area contributed by atoms with Gasteiger partial charge >= 0.3 is 5.97 Å². The third kappa shape index (κ3) is 4.96. The third-order valence-electron chi connectivity index (χ3n) is 7.56. The second-order valence-corrected chi connectivity index (χ2v) is 10.7. The lowest BCUT2D eigenvalue weighted by atomic mass is 9.69. The maximum atomic E-state index is 13.7. The average Bonchev–Trinajstić information content (AvgIpc) is 2.84. The van der Waals surface area contributed by atoms with Crippen molar-refractivity contribution in [2.45, 2.75) is 69.8 Å². The molecule has 0 bridgehead atoms. The van der Waals surface area contributed by atoms with Crippen molar-refractivity contribution in [3.05, 3.63) is 81.0 Å². The highest BCUT2D eigenvalue weighted by Gasteiger charge is 2.45. The minimum atomic E-state index is -0.661. The minimum Gasteiger partial charge on any atom is -0.462 e. The van der Waals surface area contributed by atoms with E-state index in [-0.39, 0.29) is 23.8 Å². The number of esters is 1. The summed E-state index contributed by atoms with van der Waals surface area (Å²) in [5.41, 5.74) is 3.89. The highest BCUT2D eigenvalue weighted by Crippen LogP contribution is 2.48. The molecule has 3 atom stereocenters. The summed E-state index contributed by atoms with van der Waals surface area (Å²) in [6.45, 7) is 1.87. The van der Waals surface area contributed by atoms with Crippen molar-refractivity contribution in [1.29, 1.82) is 0 Å². The van der Waals surface area contributed by atoms with Gasteiger partial charge in [-0.25, -0.2) is 0 Å². The monoisotopic (exact) mass is 509 g/mol. The zero-order valence-electron chi connectivity index (χ0n) is 19.8. The molecule has 2 aromatic rings. The van der Waals surface area contributed by atoms with Crippen LogP contribution in [0.2, 0.25) is 10.0 Å². The van der Waals surface area contributed by atoms with Crippen LogP contribution in [0.1, 0.15) is 74.8 Å². The van der Waals surface area contributed by atoms with Gasteiger partial charge in [-0.3, -0.25) is 14.6 Å². The molecule has 182 valence electrons. The first kappa shape index (κ1) is 24.3. The van der Waals surface area contributed by atoms with Crippen molar-refractivity contribution in [3.8, 4) is 0 Å². The predicted octanol–water partition coefficient (Wildman–Crippen LogP) is 7.44. The van der Waals surface area contributed by atoms with Gasteiger partial charge in [0.15, 0.2) is 5.78 Å². The molecule has 0 radical (unpaired) electrons. The zero-order chi connectivity index (χ0) is 24.5. The van der Waals surface area contributed by atoms with E-state index in [1.807, 2.05) is 55.5 Å². The zero-order valence-corrected chi connectivity index (χ0v) is 21.3. The standard InChI is InChI=1S/C29H29Cl2NO3/c1-17-26(29(34)35-21-7-3-2-4-8-21)27(22-9-5-6-10-23(22)31)28-24(32-17)15-19(16-25(28)33)18-11-13-20(30)14-12-18/h5-6,9-14,19,21,26-27H,2-4,7-8,15-16H2,1H3/t19-,26?,27-/m0/s1. The smallest absolute Gasteiger partial charge is 0.315 e. The largest absolute Gasteiger partial charge is 0.462 e. The number of ether oxygens (including phenoxy) is 1. The van der Waals surface area contributed by atoms with Gasteiger partial charge in [0.05, 0.1) is 0 Å². The third-order valence-corrected chi connectivity index (χ3v) is 8.16. The Kier molecular flexibility index (Phi) is 7.13. The molecule has 1 heterocycles. The van der Waals surface area contributed by atoms with E-state index in [1.165, 1.54) is 6.42 Å². The Morgan fingerprint density at radius 2 is 1.69 bits per heavy atom. The summed E-state index contributed by atoms with van der Waals surface area (Å²) in [7, 11) is 0. The van der Waals surface area contributed by atoms with Crippen LogP contribution in [0, 0.1) is 5.92 Å². The highest BCUT2D eigenvalue weighted by molar-refractivity contribution is 6.31. The molecule has 3 aliphatic rings. The van der Waals surface area contributed by atoms with Gasteiger partial charge in [0, 0.05) is 39.4 Å². The number of rotatable bonds is 4. The van der Waals surface area contributed by atoms with Crippen LogP contribution >= 0.6 is 23.2 Å². The minimum absolute atomic E-state index is 0.0165. The molecule has 0 spiro atoms. The van der Waals surface area contributed by atoms with Crippen molar-refractivity contribution in [2.24, 2.45) is 10.9 Å². The van der Waals surface area contributed by atoms with E-state index >= 15 is 0 Å². The summed E-state index contributed by atoms with van der Waals surface area (Å²) in [5, 5.41) is 1.21. The van der Waals surface area contributed by atoms with Crippen LogP contribution in [-0.4, -0.2) is 23.6 Å². The lowest BCUT2D eigenvalue weighted by molar-refractivity contribution is -0.153. The van der Waals surface area contributed by atoms with Gasteiger partial charge in [0.2, 0.25) is 0 Å². The van der Waals surface area contributed by atoms with Gasteiger partial charge in [-0.1, -0.05) is 60.0 Å². The first-order valence-corrected chi connectivity index (χ1v) is 13.2. The van der Waals surface area contributed by atoms with Crippen LogP contribution in [0.5, 0.6) is 0 Å². The van der Waals surface area contributed by atoms with Gasteiger partial charge in [-0.15, -0.1) is 0 Å². The normalized spacial score (nSPS) is 25.2. The summed E-state index contributed by atoms with van der Waals surface area (Å²) in [5.74, 6) is -1.42. The molecule has 35 heavy (non-hydrogen) atoms. The molecule has 1 aliphatic heterocycles. The lowest BCUT2D eigenvalue weighted by Gasteiger charge is -2.37. The number of ketones is 1. The Balaban J connectivity index is 1.53. The number of benzene rings is 2.